The number of halogens is 2. The monoisotopic (exact) mass is 302 g/mol. The van der Waals surface area contributed by atoms with Crippen molar-refractivity contribution in [2.45, 2.75) is 50.0 Å². The number of rotatable bonds is 4. The highest BCUT2D eigenvalue weighted by Gasteiger charge is 2.66. The van der Waals surface area contributed by atoms with E-state index in [1.807, 2.05) is 0 Å². The molecular weight excluding hydrogens is 283 g/mol. The maximum absolute atomic E-state index is 12.5. The molecule has 2 saturated heterocycles. The zero-order valence-electron chi connectivity index (χ0n) is 11.4. The second-order valence-electron chi connectivity index (χ2n) is 6.77. The van der Waals surface area contributed by atoms with Gasteiger partial charge in [0.2, 0.25) is 5.78 Å². The van der Waals surface area contributed by atoms with E-state index in [4.69, 9.17) is 27.9 Å². The van der Waals surface area contributed by atoms with E-state index in [0.717, 1.165) is 12.8 Å². The Hall–Kier alpha value is 0.210. The molecule has 2 nitrogen and oxygen atoms in total. The molecule has 0 aromatic heterocycles. The summed E-state index contributed by atoms with van der Waals surface area (Å²) in [4.78, 5) is 12.5. The number of carbonyl (C=O) groups is 1. The quantitative estimate of drug-likeness (QED) is 0.735. The lowest BCUT2D eigenvalue weighted by Crippen LogP contribution is -2.46. The van der Waals surface area contributed by atoms with Gasteiger partial charge in [-0.3, -0.25) is 4.79 Å². The van der Waals surface area contributed by atoms with Gasteiger partial charge in [-0.1, -0.05) is 44.0 Å². The molecule has 19 heavy (non-hydrogen) atoms. The molecule has 0 aromatic rings. The summed E-state index contributed by atoms with van der Waals surface area (Å²) in [6.07, 6.45) is 3.77. The van der Waals surface area contributed by atoms with Crippen LogP contribution in [0, 0.1) is 36.2 Å². The molecule has 2 aliphatic heterocycles. The average molecular weight is 303 g/mol. The van der Waals surface area contributed by atoms with Crippen molar-refractivity contribution in [3.05, 3.63) is 13.0 Å². The summed E-state index contributed by atoms with van der Waals surface area (Å²) in [5.41, 5.74) is 0.269. The van der Waals surface area contributed by atoms with Crippen molar-refractivity contribution in [1.29, 1.82) is 0 Å². The van der Waals surface area contributed by atoms with Crippen molar-refractivity contribution < 1.29 is 9.53 Å². The minimum atomic E-state index is -1.37. The van der Waals surface area contributed by atoms with Crippen molar-refractivity contribution in [2.24, 2.45) is 23.2 Å². The minimum absolute atomic E-state index is 0.188. The van der Waals surface area contributed by atoms with Crippen LogP contribution in [0.3, 0.4) is 0 Å². The smallest absolute Gasteiger partial charge is 0.204 e. The zero-order valence-corrected chi connectivity index (χ0v) is 12.9. The topological polar surface area (TPSA) is 26.3 Å². The molecule has 4 bridgehead atoms. The molecule has 0 amide bonds. The molecule has 4 unspecified atom stereocenters. The molecule has 106 valence electrons. The highest BCUT2D eigenvalue weighted by atomic mass is 35.5. The third-order valence-corrected chi connectivity index (χ3v) is 6.22. The van der Waals surface area contributed by atoms with Crippen molar-refractivity contribution in [3.63, 3.8) is 0 Å². The van der Waals surface area contributed by atoms with Crippen molar-refractivity contribution in [2.75, 3.05) is 0 Å². The standard InChI is InChI=1S/C15H20Cl2O2/c1-4-5-15(16,17)13(18)12-8-6-10-11(19-12)7-9(8)14(10,2)3/h8-11H,1,4-7H2,2-3H3. The fourth-order valence-corrected chi connectivity index (χ4v) is 4.91. The van der Waals surface area contributed by atoms with Gasteiger partial charge in [0.25, 0.3) is 0 Å². The first-order valence-electron chi connectivity index (χ1n) is 7.04. The van der Waals surface area contributed by atoms with Crippen LogP contribution < -0.4 is 0 Å². The summed E-state index contributed by atoms with van der Waals surface area (Å²) in [6.45, 7) is 8.31. The average Bonchev–Trinajstić information content (AvgIpc) is 2.72. The van der Waals surface area contributed by atoms with Crippen molar-refractivity contribution in [3.8, 4) is 0 Å². The first-order valence-corrected chi connectivity index (χ1v) is 7.80. The van der Waals surface area contributed by atoms with E-state index in [-0.39, 0.29) is 23.2 Å². The molecule has 2 aliphatic carbocycles. The van der Waals surface area contributed by atoms with Gasteiger partial charge in [-0.05, 0) is 42.9 Å². The van der Waals surface area contributed by atoms with Crippen LogP contribution in [-0.2, 0) is 9.53 Å². The molecular formula is C15H20Cl2O2. The Morgan fingerprint density at radius 1 is 1.42 bits per heavy atom. The largest absolute Gasteiger partial charge is 0.360 e. The predicted octanol–water partition coefficient (Wildman–Crippen LogP) is 3.96. The normalized spacial score (nSPS) is 40.1. The molecule has 4 rings (SSSR count). The van der Waals surface area contributed by atoms with E-state index in [9.17, 15) is 4.79 Å². The highest BCUT2D eigenvalue weighted by molar-refractivity contribution is 6.59. The second kappa shape index (κ2) is 4.35. The van der Waals surface area contributed by atoms with Gasteiger partial charge in [-0.15, -0.1) is 0 Å². The molecule has 0 N–H and O–H groups in total. The summed E-state index contributed by atoms with van der Waals surface area (Å²) in [7, 11) is 0. The summed E-state index contributed by atoms with van der Waals surface area (Å²) < 4.78 is 4.58. The fourth-order valence-electron chi connectivity index (χ4n) is 4.46. The molecule has 0 spiro atoms. The van der Waals surface area contributed by atoms with Gasteiger partial charge >= 0.3 is 0 Å². The maximum atomic E-state index is 12.5. The summed E-state index contributed by atoms with van der Waals surface area (Å²) >= 11 is 12.3. The number of alkyl halides is 2. The Balaban J connectivity index is 1.81. The second-order valence-corrected chi connectivity index (χ2v) is 8.25. The number of Topliss-reactive ketones (excluding diaryl/α,β-unsaturated/α-hetero) is 1. The van der Waals surface area contributed by atoms with Crippen molar-refractivity contribution in [1.82, 2.24) is 0 Å². The van der Waals surface area contributed by atoms with Crippen LogP contribution in [0.4, 0.5) is 0 Å². The lowest BCUT2D eigenvalue weighted by Gasteiger charge is -2.41. The van der Waals surface area contributed by atoms with Gasteiger partial charge in [0.1, 0.15) is 0 Å². The number of ketones is 1. The Kier molecular flexibility index (Phi) is 3.24. The summed E-state index contributed by atoms with van der Waals surface area (Å²) in [6, 6.07) is 0. The molecule has 2 saturated carbocycles. The van der Waals surface area contributed by atoms with E-state index in [0.29, 0.717) is 30.8 Å². The number of ether oxygens (including phenoxy) is 1. The predicted molar refractivity (Wildman–Crippen MR) is 75.6 cm³/mol. The fraction of sp³-hybridized carbons (Fsp3) is 0.800. The Morgan fingerprint density at radius 3 is 2.58 bits per heavy atom. The molecule has 2 heterocycles. The first-order chi connectivity index (χ1) is 8.79. The summed E-state index contributed by atoms with van der Waals surface area (Å²) in [5, 5.41) is 0. The van der Waals surface area contributed by atoms with Crippen LogP contribution in [0.5, 0.6) is 0 Å². The molecule has 4 heteroatoms. The highest BCUT2D eigenvalue weighted by Crippen LogP contribution is 2.67. The van der Waals surface area contributed by atoms with Gasteiger partial charge in [-0.2, -0.15) is 0 Å². The molecule has 4 aliphatic rings. The van der Waals surface area contributed by atoms with Gasteiger partial charge in [-0.25, -0.2) is 0 Å². The SMILES string of the molecule is [CH2]CCC(Cl)(Cl)C(=O)[C]1OC2CC3C1CC2C3(C)C. The van der Waals surface area contributed by atoms with Crippen LogP contribution in [0.2, 0.25) is 0 Å². The molecule has 4 fully saturated rings. The van der Waals surface area contributed by atoms with Crippen LogP contribution in [0.15, 0.2) is 0 Å². The van der Waals surface area contributed by atoms with Gasteiger partial charge in [0.05, 0.1) is 6.10 Å². The minimum Gasteiger partial charge on any atom is -0.360 e. The van der Waals surface area contributed by atoms with E-state index in [1.165, 1.54) is 0 Å². The molecule has 4 atom stereocenters. The molecule has 0 aromatic carbocycles. The molecule has 2 radical (unpaired) electrons. The lowest BCUT2D eigenvalue weighted by molar-refractivity contribution is -0.137. The third kappa shape index (κ3) is 1.90. The van der Waals surface area contributed by atoms with Gasteiger partial charge < -0.3 is 4.74 Å². The third-order valence-electron chi connectivity index (χ3n) is 5.50. The van der Waals surface area contributed by atoms with Crippen LogP contribution >= 0.6 is 23.2 Å². The Bertz CT molecular complexity index is 405. The van der Waals surface area contributed by atoms with Crippen LogP contribution in [-0.4, -0.2) is 16.2 Å². The van der Waals surface area contributed by atoms with Crippen LogP contribution in [0.1, 0.15) is 39.5 Å². The Morgan fingerprint density at radius 2 is 2.11 bits per heavy atom. The number of hydrogen-bond acceptors (Lipinski definition) is 2. The van der Waals surface area contributed by atoms with E-state index in [2.05, 4.69) is 20.8 Å². The van der Waals surface area contributed by atoms with E-state index >= 15 is 0 Å². The maximum Gasteiger partial charge on any atom is 0.204 e. The lowest BCUT2D eigenvalue weighted by atomic mass is 9.76. The van der Waals surface area contributed by atoms with Crippen LogP contribution in [0.25, 0.3) is 0 Å². The summed E-state index contributed by atoms with van der Waals surface area (Å²) in [5.74, 6) is 1.11. The van der Waals surface area contributed by atoms with E-state index < -0.39 is 4.33 Å². The number of fused-ring (bicyclic) bond motifs is 1. The van der Waals surface area contributed by atoms with E-state index in [1.54, 1.807) is 0 Å². The first kappa shape index (κ1) is 14.2. The number of carbonyl (C=O) groups excluding carboxylic acids is 1. The Labute approximate surface area is 125 Å². The van der Waals surface area contributed by atoms with Gasteiger partial charge in [0.15, 0.2) is 10.4 Å². The number of hydrogen-bond donors (Lipinski definition) is 0. The zero-order chi connectivity index (χ0) is 14.0. The van der Waals surface area contributed by atoms with Crippen molar-refractivity contribution >= 4 is 29.0 Å². The van der Waals surface area contributed by atoms with Gasteiger partial charge in [0, 0.05) is 5.92 Å².